The highest BCUT2D eigenvalue weighted by molar-refractivity contribution is 6.01. The van der Waals surface area contributed by atoms with E-state index in [9.17, 15) is 9.59 Å². The number of hydrogen-bond donors (Lipinski definition) is 2. The molecule has 0 radical (unpaired) electrons. The number of anilines is 1. The standard InChI is InChI=1S/C21H24N6O2/c1-13(2)19(24-20(28)16-7-5-6-14(3)10-16)21(29)23-17-8-9-18(15(4)11-17)27-12-22-25-26-27/h5-13,19H,1-4H3,(H,23,29)(H,24,28). The lowest BCUT2D eigenvalue weighted by molar-refractivity contribution is -0.118. The van der Waals surface area contributed by atoms with Crippen LogP contribution >= 0.6 is 0 Å². The van der Waals surface area contributed by atoms with Crippen LogP contribution < -0.4 is 10.6 Å². The van der Waals surface area contributed by atoms with Crippen molar-refractivity contribution in [2.24, 2.45) is 5.92 Å². The first-order valence-electron chi connectivity index (χ1n) is 9.37. The van der Waals surface area contributed by atoms with Crippen LogP contribution in [0.2, 0.25) is 0 Å². The highest BCUT2D eigenvalue weighted by Gasteiger charge is 2.25. The summed E-state index contributed by atoms with van der Waals surface area (Å²) in [5, 5.41) is 16.9. The van der Waals surface area contributed by atoms with Crippen molar-refractivity contribution in [1.82, 2.24) is 25.5 Å². The van der Waals surface area contributed by atoms with E-state index < -0.39 is 6.04 Å². The predicted molar refractivity (Wildman–Crippen MR) is 110 cm³/mol. The van der Waals surface area contributed by atoms with Gasteiger partial charge in [0.2, 0.25) is 5.91 Å². The molecule has 0 spiro atoms. The molecule has 0 fully saturated rings. The van der Waals surface area contributed by atoms with Crippen LogP contribution in [0.4, 0.5) is 5.69 Å². The molecule has 2 N–H and O–H groups in total. The highest BCUT2D eigenvalue weighted by atomic mass is 16.2. The first-order chi connectivity index (χ1) is 13.8. The molecule has 1 atom stereocenters. The van der Waals surface area contributed by atoms with Gasteiger partial charge in [-0.1, -0.05) is 31.5 Å². The Balaban J connectivity index is 1.73. The summed E-state index contributed by atoms with van der Waals surface area (Å²) in [4.78, 5) is 25.4. The fourth-order valence-electron chi connectivity index (χ4n) is 3.03. The zero-order valence-corrected chi connectivity index (χ0v) is 16.9. The number of nitrogens with zero attached hydrogens (tertiary/aromatic N) is 4. The van der Waals surface area contributed by atoms with E-state index in [1.165, 1.54) is 6.33 Å². The third kappa shape index (κ3) is 4.84. The Bertz CT molecular complexity index is 1010. The minimum atomic E-state index is -0.664. The summed E-state index contributed by atoms with van der Waals surface area (Å²) in [5.41, 5.74) is 3.88. The number of aryl methyl sites for hydroxylation is 2. The van der Waals surface area contributed by atoms with Gasteiger partial charge in [-0.15, -0.1) is 5.10 Å². The van der Waals surface area contributed by atoms with E-state index in [1.807, 2.05) is 52.0 Å². The van der Waals surface area contributed by atoms with Gasteiger partial charge in [-0.25, -0.2) is 4.68 Å². The molecule has 0 saturated carbocycles. The number of hydrogen-bond acceptors (Lipinski definition) is 5. The van der Waals surface area contributed by atoms with Crippen molar-refractivity contribution in [3.05, 3.63) is 65.5 Å². The molecule has 29 heavy (non-hydrogen) atoms. The Hall–Kier alpha value is -3.55. The largest absolute Gasteiger partial charge is 0.340 e. The molecule has 0 bridgehead atoms. The van der Waals surface area contributed by atoms with Gasteiger partial charge >= 0.3 is 0 Å². The molecule has 0 aliphatic carbocycles. The van der Waals surface area contributed by atoms with Crippen molar-refractivity contribution in [3.8, 4) is 5.69 Å². The number of nitrogens with one attached hydrogen (secondary N) is 2. The predicted octanol–water partition coefficient (Wildman–Crippen LogP) is 2.67. The van der Waals surface area contributed by atoms with Crippen LogP contribution in [0.25, 0.3) is 5.69 Å². The van der Waals surface area contributed by atoms with Crippen LogP contribution in [0.3, 0.4) is 0 Å². The smallest absolute Gasteiger partial charge is 0.251 e. The Morgan fingerprint density at radius 3 is 2.48 bits per heavy atom. The van der Waals surface area contributed by atoms with E-state index >= 15 is 0 Å². The molecule has 1 heterocycles. The zero-order chi connectivity index (χ0) is 21.0. The van der Waals surface area contributed by atoms with Crippen LogP contribution in [0.15, 0.2) is 48.8 Å². The van der Waals surface area contributed by atoms with Crippen LogP contribution in [0, 0.1) is 19.8 Å². The van der Waals surface area contributed by atoms with E-state index in [2.05, 4.69) is 26.2 Å². The van der Waals surface area contributed by atoms with Crippen LogP contribution in [0.1, 0.15) is 35.3 Å². The number of benzene rings is 2. The number of tetrazole rings is 1. The van der Waals surface area contributed by atoms with Gasteiger partial charge in [-0.2, -0.15) is 0 Å². The molecule has 2 aromatic carbocycles. The summed E-state index contributed by atoms with van der Waals surface area (Å²) < 4.78 is 1.56. The number of carbonyl (C=O) groups excluding carboxylic acids is 2. The lowest BCUT2D eigenvalue weighted by Gasteiger charge is -2.22. The SMILES string of the molecule is Cc1cccc(C(=O)NC(C(=O)Nc2ccc(-n3cnnn3)c(C)c2)C(C)C)c1. The molecular weight excluding hydrogens is 368 g/mol. The van der Waals surface area contributed by atoms with E-state index in [4.69, 9.17) is 0 Å². The normalized spacial score (nSPS) is 11.9. The van der Waals surface area contributed by atoms with E-state index in [0.717, 1.165) is 16.8 Å². The molecule has 0 saturated heterocycles. The van der Waals surface area contributed by atoms with Crippen molar-refractivity contribution in [2.75, 3.05) is 5.32 Å². The lowest BCUT2D eigenvalue weighted by Crippen LogP contribution is -2.47. The Kier molecular flexibility index (Phi) is 6.01. The molecule has 8 heteroatoms. The lowest BCUT2D eigenvalue weighted by atomic mass is 10.0. The van der Waals surface area contributed by atoms with E-state index in [1.54, 1.807) is 22.9 Å². The van der Waals surface area contributed by atoms with Crippen molar-refractivity contribution >= 4 is 17.5 Å². The minimum Gasteiger partial charge on any atom is -0.340 e. The first kappa shape index (κ1) is 20.2. The fourth-order valence-corrected chi connectivity index (χ4v) is 3.03. The molecule has 150 valence electrons. The maximum atomic E-state index is 12.8. The second kappa shape index (κ2) is 8.64. The van der Waals surface area contributed by atoms with E-state index in [-0.39, 0.29) is 17.7 Å². The fraction of sp³-hybridized carbons (Fsp3) is 0.286. The molecule has 1 aromatic heterocycles. The third-order valence-corrected chi connectivity index (χ3v) is 4.58. The van der Waals surface area contributed by atoms with E-state index in [0.29, 0.717) is 11.3 Å². The zero-order valence-electron chi connectivity index (χ0n) is 16.9. The average Bonchev–Trinajstić information content (AvgIpc) is 3.20. The van der Waals surface area contributed by atoms with Gasteiger partial charge in [-0.3, -0.25) is 9.59 Å². The average molecular weight is 392 g/mol. The van der Waals surface area contributed by atoms with Crippen LogP contribution in [0.5, 0.6) is 0 Å². The summed E-state index contributed by atoms with van der Waals surface area (Å²) in [6.45, 7) is 7.62. The summed E-state index contributed by atoms with van der Waals surface area (Å²) in [6.07, 6.45) is 1.51. The van der Waals surface area contributed by atoms with Crippen LogP contribution in [-0.2, 0) is 4.79 Å². The van der Waals surface area contributed by atoms with Crippen molar-refractivity contribution < 1.29 is 9.59 Å². The quantitative estimate of drug-likeness (QED) is 0.671. The van der Waals surface area contributed by atoms with Gasteiger partial charge < -0.3 is 10.6 Å². The molecule has 0 aliphatic rings. The van der Waals surface area contributed by atoms with Gasteiger partial charge in [0.05, 0.1) is 5.69 Å². The number of carbonyl (C=O) groups is 2. The molecule has 3 aromatic rings. The Morgan fingerprint density at radius 2 is 1.86 bits per heavy atom. The maximum absolute atomic E-state index is 12.8. The first-order valence-corrected chi connectivity index (χ1v) is 9.37. The number of aromatic nitrogens is 4. The van der Waals surface area contributed by atoms with Crippen molar-refractivity contribution in [3.63, 3.8) is 0 Å². The molecule has 8 nitrogen and oxygen atoms in total. The Morgan fingerprint density at radius 1 is 1.07 bits per heavy atom. The van der Waals surface area contributed by atoms with Gasteiger partial charge in [0.25, 0.3) is 5.91 Å². The van der Waals surface area contributed by atoms with Gasteiger partial charge in [0.15, 0.2) is 0 Å². The van der Waals surface area contributed by atoms with Gasteiger partial charge in [0, 0.05) is 11.3 Å². The van der Waals surface area contributed by atoms with Crippen molar-refractivity contribution in [2.45, 2.75) is 33.7 Å². The molecule has 0 aliphatic heterocycles. The molecular formula is C21H24N6O2. The number of amides is 2. The van der Waals surface area contributed by atoms with Crippen molar-refractivity contribution in [1.29, 1.82) is 0 Å². The summed E-state index contributed by atoms with van der Waals surface area (Å²) in [6, 6.07) is 12.1. The van der Waals surface area contributed by atoms with Crippen LogP contribution in [-0.4, -0.2) is 38.1 Å². The summed E-state index contributed by atoms with van der Waals surface area (Å²) in [7, 11) is 0. The third-order valence-electron chi connectivity index (χ3n) is 4.58. The second-order valence-corrected chi connectivity index (χ2v) is 7.31. The Labute approximate surface area is 169 Å². The summed E-state index contributed by atoms with van der Waals surface area (Å²) in [5.74, 6) is -0.617. The molecule has 1 unspecified atom stereocenters. The highest BCUT2D eigenvalue weighted by Crippen LogP contribution is 2.19. The van der Waals surface area contributed by atoms with Gasteiger partial charge in [0.1, 0.15) is 12.4 Å². The van der Waals surface area contributed by atoms with Gasteiger partial charge in [-0.05, 0) is 66.1 Å². The monoisotopic (exact) mass is 392 g/mol. The molecule has 2 amide bonds. The topological polar surface area (TPSA) is 102 Å². The maximum Gasteiger partial charge on any atom is 0.251 e. The summed E-state index contributed by atoms with van der Waals surface area (Å²) >= 11 is 0. The minimum absolute atomic E-state index is 0.0784. The molecule has 3 rings (SSSR count). The number of rotatable bonds is 6. The second-order valence-electron chi connectivity index (χ2n) is 7.31.